The lowest BCUT2D eigenvalue weighted by Crippen LogP contribution is -2.36. The molecule has 0 aliphatic rings. The van der Waals surface area contributed by atoms with Crippen LogP contribution in [-0.2, 0) is 12.1 Å². The second kappa shape index (κ2) is 6.08. The van der Waals surface area contributed by atoms with E-state index in [0.29, 0.717) is 6.54 Å². The predicted molar refractivity (Wildman–Crippen MR) is 92.3 cm³/mol. The normalized spacial score (nSPS) is 12.0. The maximum atomic E-state index is 4.53. The number of fused-ring (bicyclic) bond motifs is 1. The van der Waals surface area contributed by atoms with Crippen LogP contribution in [0.2, 0.25) is 0 Å². The number of nitrogens with one attached hydrogen (secondary N) is 1. The fourth-order valence-electron chi connectivity index (χ4n) is 2.76. The first-order valence-corrected chi connectivity index (χ1v) is 7.99. The Morgan fingerprint density at radius 2 is 2.04 bits per heavy atom. The van der Waals surface area contributed by atoms with E-state index in [-0.39, 0.29) is 5.54 Å². The Morgan fingerprint density at radius 3 is 2.83 bits per heavy atom. The summed E-state index contributed by atoms with van der Waals surface area (Å²) in [5, 5.41) is 13.1. The molecule has 23 heavy (non-hydrogen) atoms. The highest BCUT2D eigenvalue weighted by Crippen LogP contribution is 2.18. The van der Waals surface area contributed by atoms with Gasteiger partial charge in [-0.1, -0.05) is 23.8 Å². The molecule has 0 unspecified atom stereocenters. The number of nitrogens with zero attached hydrogens (tertiary/aromatic N) is 4. The molecule has 0 atom stereocenters. The van der Waals surface area contributed by atoms with Crippen molar-refractivity contribution >= 4 is 10.9 Å². The molecule has 5 nitrogen and oxygen atoms in total. The van der Waals surface area contributed by atoms with Gasteiger partial charge >= 0.3 is 0 Å². The summed E-state index contributed by atoms with van der Waals surface area (Å²) in [4.78, 5) is 4.53. The van der Waals surface area contributed by atoms with Gasteiger partial charge < -0.3 is 5.32 Å². The van der Waals surface area contributed by atoms with Gasteiger partial charge in [0.25, 0.3) is 0 Å². The van der Waals surface area contributed by atoms with Gasteiger partial charge in [0.05, 0.1) is 23.8 Å². The van der Waals surface area contributed by atoms with E-state index in [1.807, 2.05) is 17.1 Å². The molecule has 3 rings (SSSR count). The van der Waals surface area contributed by atoms with Crippen LogP contribution < -0.4 is 5.32 Å². The van der Waals surface area contributed by atoms with Crippen LogP contribution in [0.25, 0.3) is 10.9 Å². The molecule has 0 fully saturated rings. The van der Waals surface area contributed by atoms with Gasteiger partial charge in [0.1, 0.15) is 5.69 Å². The average molecular weight is 309 g/mol. The van der Waals surface area contributed by atoms with Crippen LogP contribution in [-0.4, -0.2) is 26.5 Å². The van der Waals surface area contributed by atoms with Crippen molar-refractivity contribution < 1.29 is 0 Å². The molecular weight excluding hydrogens is 286 g/mol. The summed E-state index contributed by atoms with van der Waals surface area (Å²) in [6.07, 6.45) is 3.91. The zero-order valence-electron chi connectivity index (χ0n) is 14.2. The van der Waals surface area contributed by atoms with E-state index in [4.69, 9.17) is 0 Å². The van der Waals surface area contributed by atoms with Gasteiger partial charge in [-0.05, 0) is 51.1 Å². The highest BCUT2D eigenvalue weighted by atomic mass is 15.4. The van der Waals surface area contributed by atoms with Crippen LogP contribution in [0, 0.1) is 6.92 Å². The van der Waals surface area contributed by atoms with Crippen LogP contribution in [0.5, 0.6) is 0 Å². The second-order valence-electron chi connectivity index (χ2n) is 6.50. The van der Waals surface area contributed by atoms with E-state index in [9.17, 15) is 0 Å². The van der Waals surface area contributed by atoms with Crippen molar-refractivity contribution in [3.63, 3.8) is 0 Å². The van der Waals surface area contributed by atoms with Gasteiger partial charge in [-0.25, -0.2) is 4.68 Å². The Kier molecular flexibility index (Phi) is 4.13. The molecule has 0 bridgehead atoms. The van der Waals surface area contributed by atoms with Gasteiger partial charge in [0.15, 0.2) is 0 Å². The number of hydrogen-bond donors (Lipinski definition) is 1. The Labute approximate surface area is 136 Å². The minimum Gasteiger partial charge on any atom is -0.307 e. The fourth-order valence-corrected chi connectivity index (χ4v) is 2.76. The third-order valence-corrected chi connectivity index (χ3v) is 4.04. The largest absolute Gasteiger partial charge is 0.307 e. The van der Waals surface area contributed by atoms with Crippen molar-refractivity contribution in [1.29, 1.82) is 0 Å². The molecule has 0 amide bonds. The Bertz CT molecular complexity index is 819. The summed E-state index contributed by atoms with van der Waals surface area (Å²) < 4.78 is 1.87. The van der Waals surface area contributed by atoms with Crippen molar-refractivity contribution in [3.8, 4) is 0 Å². The average Bonchev–Trinajstić information content (AvgIpc) is 2.96. The van der Waals surface area contributed by atoms with E-state index in [2.05, 4.69) is 72.6 Å². The molecule has 0 aliphatic heterocycles. The molecule has 3 aromatic rings. The van der Waals surface area contributed by atoms with E-state index in [1.165, 1.54) is 5.56 Å². The Hall–Kier alpha value is -2.27. The van der Waals surface area contributed by atoms with Crippen molar-refractivity contribution in [2.75, 3.05) is 6.54 Å². The van der Waals surface area contributed by atoms with Crippen molar-refractivity contribution in [3.05, 3.63) is 53.5 Å². The molecular formula is C18H23N5. The SMILES string of the molecule is CCNC(C)(C)c1cn(Cc2cnc3ccc(C)cc3c2)nn1. The van der Waals surface area contributed by atoms with Gasteiger partial charge in [-0.2, -0.15) is 0 Å². The topological polar surface area (TPSA) is 55.6 Å². The summed E-state index contributed by atoms with van der Waals surface area (Å²) in [5.74, 6) is 0. The van der Waals surface area contributed by atoms with E-state index in [1.54, 1.807) is 0 Å². The lowest BCUT2D eigenvalue weighted by molar-refractivity contribution is 0.403. The Morgan fingerprint density at radius 1 is 1.22 bits per heavy atom. The minimum atomic E-state index is -0.175. The van der Waals surface area contributed by atoms with Gasteiger partial charge in [-0.15, -0.1) is 5.10 Å². The summed E-state index contributed by atoms with van der Waals surface area (Å²) in [6.45, 7) is 9.99. The van der Waals surface area contributed by atoms with Crippen LogP contribution >= 0.6 is 0 Å². The van der Waals surface area contributed by atoms with Crippen molar-refractivity contribution in [2.24, 2.45) is 0 Å². The third-order valence-electron chi connectivity index (χ3n) is 4.04. The zero-order valence-corrected chi connectivity index (χ0v) is 14.2. The van der Waals surface area contributed by atoms with Crippen LogP contribution in [0.3, 0.4) is 0 Å². The van der Waals surface area contributed by atoms with Crippen molar-refractivity contribution in [1.82, 2.24) is 25.3 Å². The highest BCUT2D eigenvalue weighted by molar-refractivity contribution is 5.79. The lowest BCUT2D eigenvalue weighted by atomic mass is 10.0. The first-order valence-electron chi connectivity index (χ1n) is 7.99. The van der Waals surface area contributed by atoms with Crippen molar-refractivity contribution in [2.45, 2.75) is 39.8 Å². The summed E-state index contributed by atoms with van der Waals surface area (Å²) in [5.41, 5.74) is 4.16. The van der Waals surface area contributed by atoms with E-state index < -0.39 is 0 Å². The number of pyridine rings is 1. The molecule has 1 aromatic carbocycles. The molecule has 1 N–H and O–H groups in total. The number of aryl methyl sites for hydroxylation is 1. The third kappa shape index (κ3) is 3.40. The van der Waals surface area contributed by atoms with Crippen LogP contribution in [0.1, 0.15) is 37.6 Å². The number of aromatic nitrogens is 4. The zero-order chi connectivity index (χ0) is 16.4. The van der Waals surface area contributed by atoms with E-state index in [0.717, 1.165) is 28.7 Å². The number of rotatable bonds is 5. The predicted octanol–water partition coefficient (Wildman–Crippen LogP) is 3.03. The smallest absolute Gasteiger partial charge is 0.102 e. The quantitative estimate of drug-likeness (QED) is 0.787. The van der Waals surface area contributed by atoms with Crippen LogP contribution in [0.15, 0.2) is 36.7 Å². The van der Waals surface area contributed by atoms with Gasteiger partial charge in [0.2, 0.25) is 0 Å². The standard InChI is InChI=1S/C18H23N5/c1-5-20-18(3,4)17-12-23(22-21-17)11-14-9-15-8-13(2)6-7-16(15)19-10-14/h6-10,12,20H,5,11H2,1-4H3. The van der Waals surface area contributed by atoms with Gasteiger partial charge in [-0.3, -0.25) is 4.98 Å². The maximum Gasteiger partial charge on any atom is 0.102 e. The molecule has 5 heteroatoms. The first kappa shape index (κ1) is 15.6. The summed E-state index contributed by atoms with van der Waals surface area (Å²) in [7, 11) is 0. The molecule has 120 valence electrons. The molecule has 0 saturated heterocycles. The minimum absolute atomic E-state index is 0.175. The van der Waals surface area contributed by atoms with E-state index >= 15 is 0 Å². The maximum absolute atomic E-state index is 4.53. The molecule has 2 aromatic heterocycles. The number of hydrogen-bond acceptors (Lipinski definition) is 4. The molecule has 0 aliphatic carbocycles. The fraction of sp³-hybridized carbons (Fsp3) is 0.389. The summed E-state index contributed by atoms with van der Waals surface area (Å²) in [6, 6.07) is 8.47. The Balaban J connectivity index is 1.83. The first-order chi connectivity index (χ1) is 11.0. The molecule has 2 heterocycles. The lowest BCUT2D eigenvalue weighted by Gasteiger charge is -2.22. The van der Waals surface area contributed by atoms with Crippen LogP contribution in [0.4, 0.5) is 0 Å². The molecule has 0 saturated carbocycles. The molecule has 0 spiro atoms. The van der Waals surface area contributed by atoms with Gasteiger partial charge in [0, 0.05) is 11.6 Å². The second-order valence-corrected chi connectivity index (χ2v) is 6.50. The monoisotopic (exact) mass is 309 g/mol. The highest BCUT2D eigenvalue weighted by Gasteiger charge is 2.22. The summed E-state index contributed by atoms with van der Waals surface area (Å²) >= 11 is 0. The molecule has 0 radical (unpaired) electrons. The number of benzene rings is 1.